The molecule has 1 aliphatic carbocycles. The van der Waals surface area contributed by atoms with Crippen LogP contribution >= 0.6 is 0 Å². The van der Waals surface area contributed by atoms with Crippen molar-refractivity contribution in [1.29, 1.82) is 0 Å². The van der Waals surface area contributed by atoms with Crippen molar-refractivity contribution in [3.05, 3.63) is 23.8 Å². The van der Waals surface area contributed by atoms with Gasteiger partial charge in [-0.15, -0.1) is 0 Å². The third-order valence-electron chi connectivity index (χ3n) is 3.96. The molecule has 0 spiro atoms. The van der Waals surface area contributed by atoms with Gasteiger partial charge in [-0.05, 0) is 26.7 Å². The maximum absolute atomic E-state index is 12.4. The summed E-state index contributed by atoms with van der Waals surface area (Å²) in [5.41, 5.74) is 6.03. The summed E-state index contributed by atoms with van der Waals surface area (Å²) in [6, 6.07) is 0. The SMILES string of the molecule is CCCCCCOC(=O)C1(C)C=CC(C)(N)C=C1CC. The fraction of sp³-hybridized carbons (Fsp3) is 0.706. The molecule has 3 heteroatoms. The lowest BCUT2D eigenvalue weighted by Gasteiger charge is -2.34. The number of ether oxygens (including phenoxy) is 1. The van der Waals surface area contributed by atoms with Gasteiger partial charge in [0.15, 0.2) is 0 Å². The van der Waals surface area contributed by atoms with Crippen LogP contribution in [-0.2, 0) is 9.53 Å². The van der Waals surface area contributed by atoms with Crippen molar-refractivity contribution in [2.45, 2.75) is 65.3 Å². The van der Waals surface area contributed by atoms with Crippen molar-refractivity contribution in [1.82, 2.24) is 0 Å². The molecule has 1 rings (SSSR count). The van der Waals surface area contributed by atoms with Crippen LogP contribution < -0.4 is 5.73 Å². The molecule has 0 amide bonds. The van der Waals surface area contributed by atoms with Gasteiger partial charge in [-0.25, -0.2) is 0 Å². The lowest BCUT2D eigenvalue weighted by Crippen LogP contribution is -2.40. The summed E-state index contributed by atoms with van der Waals surface area (Å²) in [6.45, 7) is 8.59. The van der Waals surface area contributed by atoms with Gasteiger partial charge in [-0.1, -0.05) is 56.9 Å². The highest BCUT2D eigenvalue weighted by molar-refractivity contribution is 5.83. The van der Waals surface area contributed by atoms with E-state index in [0.29, 0.717) is 6.61 Å². The van der Waals surface area contributed by atoms with Crippen molar-refractivity contribution in [2.24, 2.45) is 11.1 Å². The van der Waals surface area contributed by atoms with E-state index in [2.05, 4.69) is 6.92 Å². The fourth-order valence-electron chi connectivity index (χ4n) is 2.54. The van der Waals surface area contributed by atoms with E-state index >= 15 is 0 Å². The van der Waals surface area contributed by atoms with Crippen LogP contribution in [0.25, 0.3) is 0 Å². The molecule has 2 atom stereocenters. The standard InChI is InChI=1S/C17H29NO2/c1-5-7-8-9-12-20-15(19)17(4)11-10-16(3,18)13-14(17)6-2/h10-11,13H,5-9,12,18H2,1-4H3. The van der Waals surface area contributed by atoms with Crippen molar-refractivity contribution in [3.8, 4) is 0 Å². The van der Waals surface area contributed by atoms with Crippen molar-refractivity contribution in [2.75, 3.05) is 6.61 Å². The summed E-state index contributed by atoms with van der Waals surface area (Å²) in [4.78, 5) is 12.4. The van der Waals surface area contributed by atoms with Gasteiger partial charge in [-0.2, -0.15) is 0 Å². The normalized spacial score (nSPS) is 29.1. The van der Waals surface area contributed by atoms with E-state index in [0.717, 1.165) is 24.8 Å². The van der Waals surface area contributed by atoms with Gasteiger partial charge in [0, 0.05) is 5.54 Å². The first kappa shape index (κ1) is 17.0. The van der Waals surface area contributed by atoms with Gasteiger partial charge in [0.05, 0.1) is 6.61 Å². The molecule has 0 aromatic heterocycles. The van der Waals surface area contributed by atoms with E-state index < -0.39 is 11.0 Å². The highest BCUT2D eigenvalue weighted by atomic mass is 16.5. The lowest BCUT2D eigenvalue weighted by molar-refractivity contribution is -0.150. The molecular formula is C17H29NO2. The van der Waals surface area contributed by atoms with E-state index in [1.807, 2.05) is 39.0 Å². The number of hydrogen-bond donors (Lipinski definition) is 1. The Morgan fingerprint density at radius 1 is 1.20 bits per heavy atom. The lowest BCUT2D eigenvalue weighted by atomic mass is 9.73. The van der Waals surface area contributed by atoms with E-state index in [-0.39, 0.29) is 5.97 Å². The molecule has 2 N–H and O–H groups in total. The third kappa shape index (κ3) is 4.20. The smallest absolute Gasteiger partial charge is 0.319 e. The quantitative estimate of drug-likeness (QED) is 0.439. The summed E-state index contributed by atoms with van der Waals surface area (Å²) >= 11 is 0. The number of carbonyl (C=O) groups is 1. The molecule has 0 saturated carbocycles. The molecule has 1 aliphatic rings. The predicted molar refractivity (Wildman–Crippen MR) is 83.3 cm³/mol. The largest absolute Gasteiger partial charge is 0.465 e. The molecule has 0 saturated heterocycles. The Labute approximate surface area is 123 Å². The predicted octanol–water partition coefficient (Wildman–Crippen LogP) is 3.74. The first-order chi connectivity index (χ1) is 9.35. The molecule has 0 aromatic carbocycles. The highest BCUT2D eigenvalue weighted by Gasteiger charge is 2.39. The summed E-state index contributed by atoms with van der Waals surface area (Å²) in [5.74, 6) is -0.158. The Morgan fingerprint density at radius 3 is 2.50 bits per heavy atom. The van der Waals surface area contributed by atoms with Crippen LogP contribution in [0.4, 0.5) is 0 Å². The summed E-state index contributed by atoms with van der Waals surface area (Å²) in [7, 11) is 0. The molecule has 0 aliphatic heterocycles. The van der Waals surface area contributed by atoms with Gasteiger partial charge >= 0.3 is 5.97 Å². The van der Waals surface area contributed by atoms with Gasteiger partial charge in [-0.3, -0.25) is 4.79 Å². The second-order valence-electron chi connectivity index (χ2n) is 6.12. The van der Waals surface area contributed by atoms with Gasteiger partial charge in [0.1, 0.15) is 5.41 Å². The Hall–Kier alpha value is -1.09. The monoisotopic (exact) mass is 279 g/mol. The Balaban J connectivity index is 2.64. The summed E-state index contributed by atoms with van der Waals surface area (Å²) in [5, 5.41) is 0. The van der Waals surface area contributed by atoms with Crippen LogP contribution in [0.15, 0.2) is 23.8 Å². The van der Waals surface area contributed by atoms with E-state index in [9.17, 15) is 4.79 Å². The second-order valence-corrected chi connectivity index (χ2v) is 6.12. The van der Waals surface area contributed by atoms with Crippen LogP contribution in [0.1, 0.15) is 59.8 Å². The summed E-state index contributed by atoms with van der Waals surface area (Å²) < 4.78 is 5.46. The first-order valence-corrected chi connectivity index (χ1v) is 7.74. The molecule has 0 aromatic rings. The number of nitrogens with two attached hydrogens (primary N) is 1. The Kier molecular flexibility index (Phi) is 6.00. The maximum atomic E-state index is 12.4. The topological polar surface area (TPSA) is 52.3 Å². The van der Waals surface area contributed by atoms with Gasteiger partial charge in [0.2, 0.25) is 0 Å². The average molecular weight is 279 g/mol. The molecule has 0 fully saturated rings. The molecular weight excluding hydrogens is 250 g/mol. The molecule has 2 unspecified atom stereocenters. The van der Waals surface area contributed by atoms with Crippen molar-refractivity contribution in [3.63, 3.8) is 0 Å². The number of esters is 1. The van der Waals surface area contributed by atoms with E-state index in [4.69, 9.17) is 10.5 Å². The van der Waals surface area contributed by atoms with Crippen molar-refractivity contribution < 1.29 is 9.53 Å². The number of rotatable bonds is 7. The molecule has 0 heterocycles. The van der Waals surface area contributed by atoms with Crippen LogP contribution in [-0.4, -0.2) is 18.1 Å². The zero-order valence-corrected chi connectivity index (χ0v) is 13.4. The average Bonchev–Trinajstić information content (AvgIpc) is 2.41. The van der Waals surface area contributed by atoms with Crippen LogP contribution in [0, 0.1) is 5.41 Å². The minimum atomic E-state index is -0.654. The first-order valence-electron chi connectivity index (χ1n) is 7.74. The molecule has 20 heavy (non-hydrogen) atoms. The minimum absolute atomic E-state index is 0.158. The van der Waals surface area contributed by atoms with Gasteiger partial charge in [0.25, 0.3) is 0 Å². The molecule has 0 radical (unpaired) electrons. The molecule has 114 valence electrons. The van der Waals surface area contributed by atoms with Crippen LogP contribution in [0.2, 0.25) is 0 Å². The summed E-state index contributed by atoms with van der Waals surface area (Å²) in [6.07, 6.45) is 11.0. The zero-order chi connectivity index (χ0) is 15.2. The van der Waals surface area contributed by atoms with E-state index in [1.54, 1.807) is 0 Å². The van der Waals surface area contributed by atoms with Gasteiger partial charge < -0.3 is 10.5 Å². The van der Waals surface area contributed by atoms with Crippen LogP contribution in [0.3, 0.4) is 0 Å². The number of carbonyl (C=O) groups excluding carboxylic acids is 1. The number of hydrogen-bond acceptors (Lipinski definition) is 3. The second kappa shape index (κ2) is 7.07. The number of unbranched alkanes of at least 4 members (excludes halogenated alkanes) is 3. The highest BCUT2D eigenvalue weighted by Crippen LogP contribution is 2.37. The molecule has 0 bridgehead atoms. The Bertz CT molecular complexity index is 396. The zero-order valence-electron chi connectivity index (χ0n) is 13.4. The Morgan fingerprint density at radius 2 is 1.90 bits per heavy atom. The van der Waals surface area contributed by atoms with Crippen LogP contribution in [0.5, 0.6) is 0 Å². The molecule has 3 nitrogen and oxygen atoms in total. The van der Waals surface area contributed by atoms with Crippen molar-refractivity contribution >= 4 is 5.97 Å². The third-order valence-corrected chi connectivity index (χ3v) is 3.96. The minimum Gasteiger partial charge on any atom is -0.465 e. The fourth-order valence-corrected chi connectivity index (χ4v) is 2.54. The van der Waals surface area contributed by atoms with E-state index in [1.165, 1.54) is 12.8 Å². The maximum Gasteiger partial charge on any atom is 0.319 e.